The highest BCUT2D eigenvalue weighted by Crippen LogP contribution is 2.16. The number of tetrazole rings is 1. The van der Waals surface area contributed by atoms with Gasteiger partial charge in [-0.2, -0.15) is 0 Å². The Hall–Kier alpha value is -3.23. The molecule has 7 nitrogen and oxygen atoms in total. The third-order valence-corrected chi connectivity index (χ3v) is 3.84. The van der Waals surface area contributed by atoms with Gasteiger partial charge in [0.05, 0.1) is 12.2 Å². The standard InChI is InChI=1S/C17H16F2N6O/c1-11-22-23-24-25(11)16(9-12-4-2-5-13(18)8-12)17(26)21-10-15-14(19)6-3-7-20-15/h2-8,16H,9-10H2,1H3,(H,21,26). The number of nitrogens with zero attached hydrogens (tertiary/aromatic N) is 5. The van der Waals surface area contributed by atoms with Gasteiger partial charge in [0.2, 0.25) is 5.91 Å². The van der Waals surface area contributed by atoms with E-state index in [1.165, 1.54) is 35.1 Å². The number of aromatic nitrogens is 5. The fourth-order valence-corrected chi connectivity index (χ4v) is 2.54. The van der Waals surface area contributed by atoms with E-state index in [1.807, 2.05) is 0 Å². The number of benzene rings is 1. The Morgan fingerprint density at radius 1 is 1.27 bits per heavy atom. The van der Waals surface area contributed by atoms with E-state index in [-0.39, 0.29) is 18.7 Å². The van der Waals surface area contributed by atoms with Crippen molar-refractivity contribution in [2.75, 3.05) is 0 Å². The molecule has 0 spiro atoms. The molecular formula is C17H16F2N6O. The molecular weight excluding hydrogens is 342 g/mol. The van der Waals surface area contributed by atoms with E-state index in [0.29, 0.717) is 11.4 Å². The molecule has 26 heavy (non-hydrogen) atoms. The topological polar surface area (TPSA) is 85.6 Å². The first-order valence-corrected chi connectivity index (χ1v) is 7.90. The monoisotopic (exact) mass is 358 g/mol. The van der Waals surface area contributed by atoms with Crippen molar-refractivity contribution >= 4 is 5.91 Å². The summed E-state index contributed by atoms with van der Waals surface area (Å²) < 4.78 is 28.5. The van der Waals surface area contributed by atoms with E-state index in [4.69, 9.17) is 0 Å². The fourth-order valence-electron chi connectivity index (χ4n) is 2.54. The van der Waals surface area contributed by atoms with Crippen LogP contribution in [-0.2, 0) is 17.8 Å². The van der Waals surface area contributed by atoms with Crippen molar-refractivity contribution in [3.8, 4) is 0 Å². The van der Waals surface area contributed by atoms with Gasteiger partial charge < -0.3 is 5.32 Å². The quantitative estimate of drug-likeness (QED) is 0.726. The fraction of sp³-hybridized carbons (Fsp3) is 0.235. The molecule has 0 aliphatic rings. The Bertz CT molecular complexity index is 914. The lowest BCUT2D eigenvalue weighted by atomic mass is 10.0. The second-order valence-electron chi connectivity index (χ2n) is 5.67. The van der Waals surface area contributed by atoms with Gasteiger partial charge in [-0.3, -0.25) is 9.78 Å². The Labute approximate surface area is 148 Å². The van der Waals surface area contributed by atoms with Crippen LogP contribution in [0.2, 0.25) is 0 Å². The van der Waals surface area contributed by atoms with Crippen molar-refractivity contribution in [1.29, 1.82) is 0 Å². The second-order valence-corrected chi connectivity index (χ2v) is 5.67. The van der Waals surface area contributed by atoms with Crippen molar-refractivity contribution < 1.29 is 13.6 Å². The molecule has 0 fully saturated rings. The number of aryl methyl sites for hydroxylation is 1. The molecule has 1 unspecified atom stereocenters. The minimum atomic E-state index is -0.807. The first-order chi connectivity index (χ1) is 12.5. The van der Waals surface area contributed by atoms with E-state index in [9.17, 15) is 13.6 Å². The highest BCUT2D eigenvalue weighted by atomic mass is 19.1. The molecule has 1 aromatic carbocycles. The molecule has 0 saturated carbocycles. The zero-order chi connectivity index (χ0) is 18.5. The van der Waals surface area contributed by atoms with Crippen molar-refractivity contribution in [1.82, 2.24) is 30.5 Å². The van der Waals surface area contributed by atoms with Gasteiger partial charge in [0.25, 0.3) is 0 Å². The average molecular weight is 358 g/mol. The van der Waals surface area contributed by atoms with Crippen molar-refractivity contribution in [2.45, 2.75) is 25.9 Å². The van der Waals surface area contributed by atoms with E-state index >= 15 is 0 Å². The molecule has 0 aliphatic carbocycles. The molecule has 0 saturated heterocycles. The summed E-state index contributed by atoms with van der Waals surface area (Å²) in [4.78, 5) is 16.6. The average Bonchev–Trinajstić information content (AvgIpc) is 3.04. The number of nitrogens with one attached hydrogen (secondary N) is 1. The van der Waals surface area contributed by atoms with Crippen molar-refractivity contribution in [3.05, 3.63) is 71.3 Å². The van der Waals surface area contributed by atoms with Crippen LogP contribution in [0.1, 0.15) is 23.1 Å². The van der Waals surface area contributed by atoms with Crippen LogP contribution >= 0.6 is 0 Å². The minimum absolute atomic E-state index is 0.0771. The van der Waals surface area contributed by atoms with Crippen LogP contribution in [0.25, 0.3) is 0 Å². The third-order valence-electron chi connectivity index (χ3n) is 3.84. The molecule has 1 amide bonds. The molecule has 134 valence electrons. The van der Waals surface area contributed by atoms with Crippen molar-refractivity contribution in [3.63, 3.8) is 0 Å². The molecule has 3 aromatic rings. The van der Waals surface area contributed by atoms with Gasteiger partial charge in [-0.05, 0) is 47.2 Å². The van der Waals surface area contributed by atoms with Crippen LogP contribution in [0.15, 0.2) is 42.6 Å². The molecule has 0 bridgehead atoms. The molecule has 2 heterocycles. The predicted molar refractivity (Wildman–Crippen MR) is 87.7 cm³/mol. The maximum Gasteiger partial charge on any atom is 0.245 e. The molecule has 2 aromatic heterocycles. The normalized spacial score (nSPS) is 12.0. The van der Waals surface area contributed by atoms with Gasteiger partial charge in [0.1, 0.15) is 23.5 Å². The van der Waals surface area contributed by atoms with Crippen LogP contribution < -0.4 is 5.32 Å². The lowest BCUT2D eigenvalue weighted by molar-refractivity contribution is -0.124. The zero-order valence-electron chi connectivity index (χ0n) is 13.9. The highest BCUT2D eigenvalue weighted by molar-refractivity contribution is 5.80. The number of halogens is 2. The Balaban J connectivity index is 1.80. The maximum atomic E-state index is 13.7. The van der Waals surface area contributed by atoms with Crippen molar-refractivity contribution in [2.24, 2.45) is 0 Å². The van der Waals surface area contributed by atoms with Gasteiger partial charge in [-0.25, -0.2) is 13.5 Å². The van der Waals surface area contributed by atoms with Gasteiger partial charge >= 0.3 is 0 Å². The Kier molecular flexibility index (Phi) is 5.26. The molecule has 1 atom stereocenters. The van der Waals surface area contributed by atoms with Crippen LogP contribution in [0, 0.1) is 18.6 Å². The molecule has 0 radical (unpaired) electrons. The lowest BCUT2D eigenvalue weighted by Gasteiger charge is -2.17. The Morgan fingerprint density at radius 2 is 2.12 bits per heavy atom. The highest BCUT2D eigenvalue weighted by Gasteiger charge is 2.24. The van der Waals surface area contributed by atoms with Crippen LogP contribution in [0.3, 0.4) is 0 Å². The molecule has 3 rings (SSSR count). The smallest absolute Gasteiger partial charge is 0.245 e. The number of hydrogen-bond donors (Lipinski definition) is 1. The van der Waals surface area contributed by atoms with E-state index < -0.39 is 23.6 Å². The first-order valence-electron chi connectivity index (χ1n) is 7.90. The number of pyridine rings is 1. The lowest BCUT2D eigenvalue weighted by Crippen LogP contribution is -2.35. The molecule has 1 N–H and O–H groups in total. The Morgan fingerprint density at radius 3 is 2.81 bits per heavy atom. The largest absolute Gasteiger partial charge is 0.348 e. The second kappa shape index (κ2) is 7.77. The third kappa shape index (κ3) is 4.05. The number of carbonyl (C=O) groups is 1. The number of amides is 1. The molecule has 9 heteroatoms. The summed E-state index contributed by atoms with van der Waals surface area (Å²) in [6.07, 6.45) is 1.63. The van der Waals surface area contributed by atoms with E-state index in [1.54, 1.807) is 19.1 Å². The summed E-state index contributed by atoms with van der Waals surface area (Å²) in [5.74, 6) is -0.890. The predicted octanol–water partition coefficient (Wildman–Crippen LogP) is 1.75. The summed E-state index contributed by atoms with van der Waals surface area (Å²) >= 11 is 0. The number of carbonyl (C=O) groups excluding carboxylic acids is 1. The summed E-state index contributed by atoms with van der Waals surface area (Å²) in [6, 6.07) is 7.88. The number of rotatable bonds is 6. The van der Waals surface area contributed by atoms with Gasteiger partial charge in [-0.15, -0.1) is 5.10 Å². The van der Waals surface area contributed by atoms with Crippen LogP contribution in [0.4, 0.5) is 8.78 Å². The summed E-state index contributed by atoms with van der Waals surface area (Å²) in [7, 11) is 0. The maximum absolute atomic E-state index is 13.7. The summed E-state index contributed by atoms with van der Waals surface area (Å²) in [6.45, 7) is 1.58. The van der Waals surface area contributed by atoms with Gasteiger partial charge in [0, 0.05) is 12.6 Å². The minimum Gasteiger partial charge on any atom is -0.348 e. The zero-order valence-corrected chi connectivity index (χ0v) is 13.9. The van der Waals surface area contributed by atoms with Crippen LogP contribution in [0.5, 0.6) is 0 Å². The summed E-state index contributed by atoms with van der Waals surface area (Å²) in [5.41, 5.74) is 0.739. The SMILES string of the molecule is Cc1nnnn1C(Cc1cccc(F)c1)C(=O)NCc1ncccc1F. The van der Waals surface area contributed by atoms with E-state index in [0.717, 1.165) is 0 Å². The van der Waals surface area contributed by atoms with Gasteiger partial charge in [-0.1, -0.05) is 12.1 Å². The first kappa shape index (κ1) is 17.6. The molecule has 0 aliphatic heterocycles. The van der Waals surface area contributed by atoms with Crippen LogP contribution in [-0.4, -0.2) is 31.1 Å². The summed E-state index contributed by atoms with van der Waals surface area (Å²) in [5, 5.41) is 13.8. The number of hydrogen-bond acceptors (Lipinski definition) is 5. The van der Waals surface area contributed by atoms with Gasteiger partial charge in [0.15, 0.2) is 0 Å². The van der Waals surface area contributed by atoms with E-state index in [2.05, 4.69) is 25.8 Å².